The maximum Gasteiger partial charge on any atom is 0.390 e. The van der Waals surface area contributed by atoms with Crippen LogP contribution in [0.3, 0.4) is 0 Å². The standard InChI is InChI=1S/C7H14F3NO/c1-3-11-6(5-12-2)4-7(8,9)10/h6,11H,3-5H2,1-2H3. The van der Waals surface area contributed by atoms with Crippen LogP contribution < -0.4 is 5.32 Å². The van der Waals surface area contributed by atoms with E-state index >= 15 is 0 Å². The average Bonchev–Trinajstić information content (AvgIpc) is 1.84. The first-order valence-corrected chi connectivity index (χ1v) is 3.78. The topological polar surface area (TPSA) is 21.3 Å². The van der Waals surface area contributed by atoms with Crippen molar-refractivity contribution in [3.05, 3.63) is 0 Å². The van der Waals surface area contributed by atoms with Gasteiger partial charge in [-0.1, -0.05) is 6.92 Å². The van der Waals surface area contributed by atoms with Gasteiger partial charge in [-0.2, -0.15) is 13.2 Å². The van der Waals surface area contributed by atoms with Crippen LogP contribution in [0.2, 0.25) is 0 Å². The van der Waals surface area contributed by atoms with E-state index in [0.717, 1.165) is 0 Å². The molecule has 0 aliphatic heterocycles. The van der Waals surface area contributed by atoms with Crippen molar-refractivity contribution in [2.75, 3.05) is 20.3 Å². The van der Waals surface area contributed by atoms with E-state index in [1.54, 1.807) is 6.92 Å². The molecule has 0 spiro atoms. The fourth-order valence-electron chi connectivity index (χ4n) is 0.959. The highest BCUT2D eigenvalue weighted by atomic mass is 19.4. The Morgan fingerprint density at radius 3 is 2.33 bits per heavy atom. The van der Waals surface area contributed by atoms with Crippen LogP contribution in [-0.2, 0) is 4.74 Å². The minimum Gasteiger partial charge on any atom is -0.383 e. The predicted molar refractivity (Wildman–Crippen MR) is 40.0 cm³/mol. The van der Waals surface area contributed by atoms with Crippen LogP contribution in [0.15, 0.2) is 0 Å². The second-order valence-electron chi connectivity index (χ2n) is 2.53. The molecule has 0 aromatic carbocycles. The largest absolute Gasteiger partial charge is 0.390 e. The molecule has 1 N–H and O–H groups in total. The fraction of sp³-hybridized carbons (Fsp3) is 1.00. The van der Waals surface area contributed by atoms with Gasteiger partial charge in [0.1, 0.15) is 0 Å². The van der Waals surface area contributed by atoms with E-state index in [9.17, 15) is 13.2 Å². The smallest absolute Gasteiger partial charge is 0.383 e. The van der Waals surface area contributed by atoms with E-state index in [0.29, 0.717) is 6.54 Å². The van der Waals surface area contributed by atoms with Gasteiger partial charge in [0.25, 0.3) is 0 Å². The highest BCUT2D eigenvalue weighted by molar-refractivity contribution is 4.69. The Hall–Kier alpha value is -0.290. The van der Waals surface area contributed by atoms with Crippen molar-refractivity contribution in [3.8, 4) is 0 Å². The number of ether oxygens (including phenoxy) is 1. The summed E-state index contributed by atoms with van der Waals surface area (Å²) in [5.41, 5.74) is 0. The number of hydrogen-bond donors (Lipinski definition) is 1. The van der Waals surface area contributed by atoms with Gasteiger partial charge < -0.3 is 10.1 Å². The second kappa shape index (κ2) is 5.37. The molecule has 0 aliphatic rings. The van der Waals surface area contributed by atoms with Gasteiger partial charge in [0.15, 0.2) is 0 Å². The lowest BCUT2D eigenvalue weighted by molar-refractivity contribution is -0.142. The van der Waals surface area contributed by atoms with Crippen molar-refractivity contribution < 1.29 is 17.9 Å². The summed E-state index contributed by atoms with van der Waals surface area (Å²) in [5, 5.41) is 2.70. The number of hydrogen-bond acceptors (Lipinski definition) is 2. The first-order chi connectivity index (χ1) is 5.49. The summed E-state index contributed by atoms with van der Waals surface area (Å²) in [4.78, 5) is 0. The Balaban J connectivity index is 3.77. The molecule has 2 nitrogen and oxygen atoms in total. The number of halogens is 3. The highest BCUT2D eigenvalue weighted by Crippen LogP contribution is 2.21. The van der Waals surface area contributed by atoms with Crippen molar-refractivity contribution in [1.29, 1.82) is 0 Å². The van der Waals surface area contributed by atoms with E-state index < -0.39 is 18.6 Å². The van der Waals surface area contributed by atoms with Crippen molar-refractivity contribution in [2.45, 2.75) is 25.6 Å². The maximum absolute atomic E-state index is 11.9. The molecule has 0 bridgehead atoms. The Kier molecular flexibility index (Phi) is 5.24. The van der Waals surface area contributed by atoms with E-state index in [2.05, 4.69) is 10.1 Å². The van der Waals surface area contributed by atoms with Crippen LogP contribution >= 0.6 is 0 Å². The monoisotopic (exact) mass is 185 g/mol. The molecule has 0 aromatic heterocycles. The Morgan fingerprint density at radius 2 is 2.00 bits per heavy atom. The molecule has 0 radical (unpaired) electrons. The van der Waals surface area contributed by atoms with Crippen LogP contribution in [0.1, 0.15) is 13.3 Å². The minimum atomic E-state index is -4.12. The van der Waals surface area contributed by atoms with Gasteiger partial charge >= 0.3 is 6.18 Å². The van der Waals surface area contributed by atoms with Crippen LogP contribution in [0, 0.1) is 0 Å². The Morgan fingerprint density at radius 1 is 1.42 bits per heavy atom. The zero-order chi connectivity index (χ0) is 9.61. The van der Waals surface area contributed by atoms with Crippen LogP contribution in [0.4, 0.5) is 13.2 Å². The molecule has 0 fully saturated rings. The van der Waals surface area contributed by atoms with Crippen LogP contribution in [0.25, 0.3) is 0 Å². The van der Waals surface area contributed by atoms with Crippen molar-refractivity contribution in [3.63, 3.8) is 0 Å². The number of alkyl halides is 3. The van der Waals surface area contributed by atoms with Crippen LogP contribution in [0.5, 0.6) is 0 Å². The maximum atomic E-state index is 11.9. The summed E-state index contributed by atoms with van der Waals surface area (Å²) >= 11 is 0. The lowest BCUT2D eigenvalue weighted by Crippen LogP contribution is -2.37. The average molecular weight is 185 g/mol. The molecule has 0 aromatic rings. The number of nitrogens with one attached hydrogen (secondary N) is 1. The third-order valence-electron chi connectivity index (χ3n) is 1.34. The van der Waals surface area contributed by atoms with E-state index in [4.69, 9.17) is 0 Å². The Labute approximate surface area is 70.1 Å². The molecular weight excluding hydrogens is 171 g/mol. The number of likely N-dealkylation sites (N-methyl/N-ethyl adjacent to an activating group) is 1. The van der Waals surface area contributed by atoms with E-state index in [1.807, 2.05) is 0 Å². The molecule has 0 saturated carbocycles. The molecule has 5 heteroatoms. The van der Waals surface area contributed by atoms with Crippen molar-refractivity contribution >= 4 is 0 Å². The summed E-state index contributed by atoms with van der Waals surface area (Å²) in [5.74, 6) is 0. The second-order valence-corrected chi connectivity index (χ2v) is 2.53. The normalized spacial score (nSPS) is 14.8. The summed E-state index contributed by atoms with van der Waals surface area (Å²) in [7, 11) is 1.39. The predicted octanol–water partition coefficient (Wildman–Crippen LogP) is 1.56. The lowest BCUT2D eigenvalue weighted by Gasteiger charge is -2.18. The molecule has 0 saturated heterocycles. The number of methoxy groups -OCH3 is 1. The zero-order valence-electron chi connectivity index (χ0n) is 7.24. The summed E-state index contributed by atoms with van der Waals surface area (Å²) in [6.45, 7) is 2.37. The van der Waals surface area contributed by atoms with Gasteiger partial charge in [0, 0.05) is 13.2 Å². The van der Waals surface area contributed by atoms with E-state index in [1.165, 1.54) is 7.11 Å². The third-order valence-corrected chi connectivity index (χ3v) is 1.34. The minimum absolute atomic E-state index is 0.0906. The Bertz CT molecular complexity index is 110. The van der Waals surface area contributed by atoms with E-state index in [-0.39, 0.29) is 6.61 Å². The van der Waals surface area contributed by atoms with Gasteiger partial charge in [-0.15, -0.1) is 0 Å². The van der Waals surface area contributed by atoms with Crippen molar-refractivity contribution in [2.24, 2.45) is 0 Å². The third kappa shape index (κ3) is 6.42. The molecule has 74 valence electrons. The molecule has 12 heavy (non-hydrogen) atoms. The summed E-state index contributed by atoms with van der Waals surface area (Å²) < 4.78 is 40.2. The fourth-order valence-corrected chi connectivity index (χ4v) is 0.959. The van der Waals surface area contributed by atoms with Gasteiger partial charge in [0.05, 0.1) is 13.0 Å². The molecule has 0 amide bonds. The summed E-state index contributed by atoms with van der Waals surface area (Å²) in [6.07, 6.45) is -4.96. The van der Waals surface area contributed by atoms with Gasteiger partial charge in [-0.3, -0.25) is 0 Å². The van der Waals surface area contributed by atoms with Gasteiger partial charge in [0.2, 0.25) is 0 Å². The lowest BCUT2D eigenvalue weighted by atomic mass is 10.2. The SMILES string of the molecule is CCNC(COC)CC(F)(F)F. The molecular formula is C7H14F3NO. The van der Waals surface area contributed by atoms with Crippen LogP contribution in [-0.4, -0.2) is 32.5 Å². The molecule has 1 unspecified atom stereocenters. The highest BCUT2D eigenvalue weighted by Gasteiger charge is 2.31. The zero-order valence-corrected chi connectivity index (χ0v) is 7.24. The summed E-state index contributed by atoms with van der Waals surface area (Å²) in [6, 6.07) is -0.625. The molecule has 1 atom stereocenters. The first-order valence-electron chi connectivity index (χ1n) is 3.78. The quantitative estimate of drug-likeness (QED) is 0.701. The van der Waals surface area contributed by atoms with Crippen molar-refractivity contribution in [1.82, 2.24) is 5.32 Å². The first kappa shape index (κ1) is 11.7. The molecule has 0 aliphatic carbocycles. The molecule has 0 rings (SSSR count). The molecule has 0 heterocycles. The van der Waals surface area contributed by atoms with Gasteiger partial charge in [-0.05, 0) is 6.54 Å². The van der Waals surface area contributed by atoms with Gasteiger partial charge in [-0.25, -0.2) is 0 Å². The number of rotatable bonds is 5.